The van der Waals surface area contributed by atoms with Gasteiger partial charge in [0.05, 0.1) is 0 Å². The van der Waals surface area contributed by atoms with Gasteiger partial charge < -0.3 is 10.5 Å². The molecule has 0 fully saturated rings. The zero-order valence-electron chi connectivity index (χ0n) is 8.53. The monoisotopic (exact) mass is 279 g/mol. The standard InChI is InChI=1S/C9H5F4N3OS/c10-5-3-4(14)1-2-6(5)17-8-15-7(16-18-8)9(11,12)13/h1-3H,14H2. The molecule has 0 bridgehead atoms. The van der Waals surface area contributed by atoms with Gasteiger partial charge in [-0.1, -0.05) is 0 Å². The summed E-state index contributed by atoms with van der Waals surface area (Å²) in [6.07, 6.45) is -4.65. The van der Waals surface area contributed by atoms with Gasteiger partial charge in [0, 0.05) is 23.3 Å². The summed E-state index contributed by atoms with van der Waals surface area (Å²) in [6, 6.07) is 3.53. The predicted octanol–water partition coefficient (Wildman–Crippen LogP) is 3.07. The molecule has 0 atom stereocenters. The van der Waals surface area contributed by atoms with Crippen molar-refractivity contribution in [1.82, 2.24) is 9.36 Å². The van der Waals surface area contributed by atoms with Crippen molar-refractivity contribution in [2.24, 2.45) is 0 Å². The summed E-state index contributed by atoms with van der Waals surface area (Å²) in [5, 5.41) is -0.397. The molecule has 2 N–H and O–H groups in total. The Morgan fingerprint density at radius 2 is 2.00 bits per heavy atom. The number of hydrogen-bond donors (Lipinski definition) is 1. The maximum atomic E-state index is 13.3. The molecule has 0 saturated heterocycles. The summed E-state index contributed by atoms with van der Waals surface area (Å²) in [7, 11) is 0. The van der Waals surface area contributed by atoms with Gasteiger partial charge in [0.1, 0.15) is 0 Å². The first-order chi connectivity index (χ1) is 8.36. The normalized spacial score (nSPS) is 11.6. The minimum atomic E-state index is -4.65. The molecule has 0 saturated carbocycles. The third kappa shape index (κ3) is 2.67. The zero-order chi connectivity index (χ0) is 13.3. The number of hydrogen-bond acceptors (Lipinski definition) is 5. The fourth-order valence-electron chi connectivity index (χ4n) is 1.06. The number of halogens is 4. The van der Waals surface area contributed by atoms with Crippen LogP contribution in [0, 0.1) is 5.82 Å². The van der Waals surface area contributed by atoms with Crippen molar-refractivity contribution in [1.29, 1.82) is 0 Å². The number of nitrogen functional groups attached to an aromatic ring is 1. The Labute approximate surface area is 102 Å². The molecule has 18 heavy (non-hydrogen) atoms. The van der Waals surface area contributed by atoms with E-state index in [1.165, 1.54) is 12.1 Å². The first-order valence-electron chi connectivity index (χ1n) is 4.50. The van der Waals surface area contributed by atoms with Crippen LogP contribution in [0.5, 0.6) is 10.9 Å². The molecule has 9 heteroatoms. The van der Waals surface area contributed by atoms with Gasteiger partial charge >= 0.3 is 6.18 Å². The van der Waals surface area contributed by atoms with Gasteiger partial charge in [-0.05, 0) is 12.1 Å². The maximum absolute atomic E-state index is 13.3. The second-order valence-corrected chi connectivity index (χ2v) is 3.89. The molecule has 4 nitrogen and oxygen atoms in total. The third-order valence-electron chi connectivity index (χ3n) is 1.81. The van der Waals surface area contributed by atoms with E-state index in [0.29, 0.717) is 11.5 Å². The van der Waals surface area contributed by atoms with Crippen molar-refractivity contribution in [3.8, 4) is 10.9 Å². The first kappa shape index (κ1) is 12.6. The number of rotatable bonds is 2. The van der Waals surface area contributed by atoms with Crippen LogP contribution in [0.15, 0.2) is 18.2 Å². The molecule has 1 aromatic heterocycles. The van der Waals surface area contributed by atoms with Crippen LogP contribution >= 0.6 is 11.5 Å². The Hall–Kier alpha value is -1.90. The van der Waals surface area contributed by atoms with Crippen LogP contribution in [-0.4, -0.2) is 9.36 Å². The van der Waals surface area contributed by atoms with Crippen LogP contribution in [0.4, 0.5) is 23.2 Å². The van der Waals surface area contributed by atoms with Gasteiger partial charge in [-0.25, -0.2) is 4.39 Å². The Kier molecular flexibility index (Phi) is 3.07. The second-order valence-electron chi connectivity index (χ2n) is 3.17. The van der Waals surface area contributed by atoms with Crippen molar-refractivity contribution in [3.63, 3.8) is 0 Å². The highest BCUT2D eigenvalue weighted by atomic mass is 32.1. The lowest BCUT2D eigenvalue weighted by atomic mass is 10.3. The van der Waals surface area contributed by atoms with Crippen LogP contribution < -0.4 is 10.5 Å². The van der Waals surface area contributed by atoms with Crippen molar-refractivity contribution >= 4 is 17.2 Å². The molecular formula is C9H5F4N3OS. The Morgan fingerprint density at radius 3 is 2.56 bits per heavy atom. The van der Waals surface area contributed by atoms with Crippen LogP contribution in [0.25, 0.3) is 0 Å². The minimum absolute atomic E-state index is 0.174. The van der Waals surface area contributed by atoms with Crippen LogP contribution in [0.2, 0.25) is 0 Å². The number of nitrogens with two attached hydrogens (primary N) is 1. The number of ether oxygens (including phenoxy) is 1. The average molecular weight is 279 g/mol. The summed E-state index contributed by atoms with van der Waals surface area (Å²) in [5.41, 5.74) is 5.49. The van der Waals surface area contributed by atoms with E-state index in [1.54, 1.807) is 0 Å². The number of benzene rings is 1. The molecule has 96 valence electrons. The molecule has 0 amide bonds. The molecule has 0 spiro atoms. The van der Waals surface area contributed by atoms with Crippen LogP contribution in [-0.2, 0) is 6.18 Å². The molecule has 2 aromatic rings. The highest BCUT2D eigenvalue weighted by Gasteiger charge is 2.36. The zero-order valence-corrected chi connectivity index (χ0v) is 9.35. The smallest absolute Gasteiger partial charge is 0.427 e. The van der Waals surface area contributed by atoms with E-state index in [0.717, 1.165) is 6.07 Å². The van der Waals surface area contributed by atoms with Gasteiger partial charge in [-0.15, -0.1) is 0 Å². The van der Waals surface area contributed by atoms with Gasteiger partial charge in [-0.2, -0.15) is 22.5 Å². The van der Waals surface area contributed by atoms with E-state index in [4.69, 9.17) is 10.5 Å². The summed E-state index contributed by atoms with van der Waals surface area (Å²) in [6.45, 7) is 0. The number of aromatic nitrogens is 2. The number of nitrogens with zero attached hydrogens (tertiary/aromatic N) is 2. The lowest BCUT2D eigenvalue weighted by molar-refractivity contribution is -0.144. The minimum Gasteiger partial charge on any atom is -0.427 e. The van der Waals surface area contributed by atoms with E-state index in [2.05, 4.69) is 9.36 Å². The van der Waals surface area contributed by atoms with E-state index < -0.39 is 23.0 Å². The quantitative estimate of drug-likeness (QED) is 0.678. The van der Waals surface area contributed by atoms with E-state index >= 15 is 0 Å². The van der Waals surface area contributed by atoms with Gasteiger partial charge in [-0.3, -0.25) is 0 Å². The molecule has 2 rings (SSSR count). The molecular weight excluding hydrogens is 274 g/mol. The fraction of sp³-hybridized carbons (Fsp3) is 0.111. The second kappa shape index (κ2) is 4.41. The number of anilines is 1. The average Bonchev–Trinajstić information content (AvgIpc) is 2.70. The SMILES string of the molecule is Nc1ccc(Oc2nc(C(F)(F)F)ns2)c(F)c1. The van der Waals surface area contributed by atoms with E-state index in [9.17, 15) is 17.6 Å². The van der Waals surface area contributed by atoms with Gasteiger partial charge in [0.15, 0.2) is 11.6 Å². The largest absolute Gasteiger partial charge is 0.452 e. The van der Waals surface area contributed by atoms with Gasteiger partial charge in [0.2, 0.25) is 0 Å². The highest BCUT2D eigenvalue weighted by Crippen LogP contribution is 2.32. The van der Waals surface area contributed by atoms with E-state index in [1.807, 2.05) is 0 Å². The highest BCUT2D eigenvalue weighted by molar-refractivity contribution is 7.07. The third-order valence-corrected chi connectivity index (χ3v) is 2.41. The molecule has 1 aromatic carbocycles. The van der Waals surface area contributed by atoms with Crippen LogP contribution in [0.3, 0.4) is 0 Å². The van der Waals surface area contributed by atoms with Gasteiger partial charge in [0.25, 0.3) is 11.0 Å². The van der Waals surface area contributed by atoms with Crippen molar-refractivity contribution in [3.05, 3.63) is 29.8 Å². The first-order valence-corrected chi connectivity index (χ1v) is 5.27. The Bertz CT molecular complexity index is 569. The predicted molar refractivity (Wildman–Crippen MR) is 55.8 cm³/mol. The molecule has 0 radical (unpaired) electrons. The molecule has 0 aliphatic heterocycles. The number of alkyl halides is 3. The molecule has 0 aliphatic carbocycles. The lowest BCUT2D eigenvalue weighted by Crippen LogP contribution is -2.06. The van der Waals surface area contributed by atoms with Crippen molar-refractivity contribution in [2.75, 3.05) is 5.73 Å². The van der Waals surface area contributed by atoms with Crippen molar-refractivity contribution < 1.29 is 22.3 Å². The summed E-state index contributed by atoms with van der Waals surface area (Å²) in [5.74, 6) is -2.38. The van der Waals surface area contributed by atoms with E-state index in [-0.39, 0.29) is 11.4 Å². The summed E-state index contributed by atoms with van der Waals surface area (Å²) < 4.78 is 57.8. The molecule has 0 unspecified atom stereocenters. The molecule has 0 aliphatic rings. The maximum Gasteiger partial charge on any atom is 0.452 e. The molecule has 1 heterocycles. The lowest BCUT2D eigenvalue weighted by Gasteiger charge is -2.03. The summed E-state index contributed by atoms with van der Waals surface area (Å²) >= 11 is 0.383. The summed E-state index contributed by atoms with van der Waals surface area (Å²) in [4.78, 5) is 3.10. The fourth-order valence-corrected chi connectivity index (χ4v) is 1.62. The topological polar surface area (TPSA) is 61.0 Å². The Balaban J connectivity index is 2.21. The Morgan fingerprint density at radius 1 is 1.28 bits per heavy atom. The van der Waals surface area contributed by atoms with Crippen molar-refractivity contribution in [2.45, 2.75) is 6.18 Å². The van der Waals surface area contributed by atoms with Crippen LogP contribution in [0.1, 0.15) is 5.82 Å².